The number of benzene rings is 1. The minimum atomic E-state index is 0.268. The van der Waals surface area contributed by atoms with Gasteiger partial charge in [-0.05, 0) is 37.6 Å². The lowest BCUT2D eigenvalue weighted by Gasteiger charge is -2.23. The monoisotopic (exact) mass is 321 g/mol. The second-order valence-corrected chi connectivity index (χ2v) is 7.18. The number of fused-ring (bicyclic) bond motifs is 1. The summed E-state index contributed by atoms with van der Waals surface area (Å²) in [6, 6.07) is 10.8. The second kappa shape index (κ2) is 6.39. The molecule has 0 saturated carbocycles. The Balaban J connectivity index is 1.93. The second-order valence-electron chi connectivity index (χ2n) is 5.49. The number of nitrogens with one attached hydrogen (secondary N) is 1. The summed E-state index contributed by atoms with van der Waals surface area (Å²) in [6.45, 7) is 5.99. The molecule has 0 fully saturated rings. The summed E-state index contributed by atoms with van der Waals surface area (Å²) >= 11 is 7.96. The van der Waals surface area contributed by atoms with Crippen LogP contribution < -0.4 is 10.1 Å². The van der Waals surface area contributed by atoms with Crippen molar-refractivity contribution in [2.45, 2.75) is 32.2 Å². The van der Waals surface area contributed by atoms with Gasteiger partial charge in [0.25, 0.3) is 0 Å². The molecule has 0 radical (unpaired) electrons. The van der Waals surface area contributed by atoms with Gasteiger partial charge < -0.3 is 10.1 Å². The van der Waals surface area contributed by atoms with Crippen molar-refractivity contribution in [1.29, 1.82) is 0 Å². The van der Waals surface area contributed by atoms with E-state index in [0.717, 1.165) is 35.2 Å². The third kappa shape index (κ3) is 2.96. The molecule has 1 aromatic heterocycles. The van der Waals surface area contributed by atoms with Gasteiger partial charge in [-0.15, -0.1) is 11.3 Å². The first-order valence-electron chi connectivity index (χ1n) is 7.41. The Kier molecular flexibility index (Phi) is 4.53. The lowest BCUT2D eigenvalue weighted by Crippen LogP contribution is -2.28. The zero-order valence-electron chi connectivity index (χ0n) is 12.4. The molecule has 1 aliphatic rings. The predicted molar refractivity (Wildman–Crippen MR) is 89.8 cm³/mol. The Hall–Kier alpha value is -1.03. The molecule has 112 valence electrons. The molecule has 1 aliphatic heterocycles. The number of para-hydroxylation sites is 1. The van der Waals surface area contributed by atoms with Crippen LogP contribution in [-0.4, -0.2) is 13.2 Å². The van der Waals surface area contributed by atoms with E-state index in [0.29, 0.717) is 5.92 Å². The SMILES string of the molecule is CCCNC(c1cc(C)c(Cl)s1)C1COc2ccccc21. The normalized spacial score (nSPS) is 18.3. The quantitative estimate of drug-likeness (QED) is 0.843. The van der Waals surface area contributed by atoms with Crippen molar-refractivity contribution in [3.63, 3.8) is 0 Å². The van der Waals surface area contributed by atoms with E-state index in [1.807, 2.05) is 6.07 Å². The maximum absolute atomic E-state index is 6.27. The van der Waals surface area contributed by atoms with Gasteiger partial charge in [0.1, 0.15) is 5.75 Å². The summed E-state index contributed by atoms with van der Waals surface area (Å²) in [5.74, 6) is 1.37. The van der Waals surface area contributed by atoms with Gasteiger partial charge in [-0.1, -0.05) is 36.7 Å². The smallest absolute Gasteiger partial charge is 0.122 e. The van der Waals surface area contributed by atoms with Gasteiger partial charge in [0.2, 0.25) is 0 Å². The number of hydrogen-bond acceptors (Lipinski definition) is 3. The minimum absolute atomic E-state index is 0.268. The highest BCUT2D eigenvalue weighted by Crippen LogP contribution is 2.44. The number of aryl methyl sites for hydroxylation is 1. The first kappa shape index (κ1) is 14.9. The van der Waals surface area contributed by atoms with E-state index in [1.165, 1.54) is 10.4 Å². The van der Waals surface area contributed by atoms with Gasteiger partial charge in [-0.3, -0.25) is 0 Å². The fraction of sp³-hybridized carbons (Fsp3) is 0.412. The number of ether oxygens (including phenoxy) is 1. The van der Waals surface area contributed by atoms with Crippen LogP contribution in [0.4, 0.5) is 0 Å². The number of hydrogen-bond donors (Lipinski definition) is 1. The van der Waals surface area contributed by atoms with Gasteiger partial charge in [0, 0.05) is 16.4 Å². The van der Waals surface area contributed by atoms with Crippen molar-refractivity contribution < 1.29 is 4.74 Å². The van der Waals surface area contributed by atoms with Gasteiger partial charge in [-0.25, -0.2) is 0 Å². The molecule has 2 aromatic rings. The maximum Gasteiger partial charge on any atom is 0.122 e. The third-order valence-corrected chi connectivity index (χ3v) is 5.57. The Morgan fingerprint density at radius 2 is 2.24 bits per heavy atom. The highest BCUT2D eigenvalue weighted by Gasteiger charge is 2.33. The highest BCUT2D eigenvalue weighted by atomic mass is 35.5. The molecule has 2 unspecified atom stereocenters. The van der Waals surface area contributed by atoms with E-state index in [-0.39, 0.29) is 6.04 Å². The van der Waals surface area contributed by atoms with Gasteiger partial charge in [-0.2, -0.15) is 0 Å². The summed E-state index contributed by atoms with van der Waals surface area (Å²) in [5, 5.41) is 3.68. The molecule has 21 heavy (non-hydrogen) atoms. The molecule has 2 heterocycles. The van der Waals surface area contributed by atoms with Crippen LogP contribution in [0.5, 0.6) is 5.75 Å². The molecule has 2 atom stereocenters. The van der Waals surface area contributed by atoms with Crippen LogP contribution in [0.1, 0.15) is 41.3 Å². The van der Waals surface area contributed by atoms with Crippen LogP contribution in [0.2, 0.25) is 4.34 Å². The molecule has 3 rings (SSSR count). The molecule has 1 N–H and O–H groups in total. The van der Waals surface area contributed by atoms with E-state index < -0.39 is 0 Å². The van der Waals surface area contributed by atoms with Gasteiger partial charge >= 0.3 is 0 Å². The summed E-state index contributed by atoms with van der Waals surface area (Å²) < 4.78 is 6.75. The first-order valence-corrected chi connectivity index (χ1v) is 8.61. The van der Waals surface area contributed by atoms with E-state index in [1.54, 1.807) is 11.3 Å². The molecular formula is C17H20ClNOS. The average Bonchev–Trinajstić information content (AvgIpc) is 3.05. The van der Waals surface area contributed by atoms with Crippen molar-refractivity contribution in [3.05, 3.63) is 50.7 Å². The van der Waals surface area contributed by atoms with E-state index in [9.17, 15) is 0 Å². The first-order chi connectivity index (χ1) is 10.2. The van der Waals surface area contributed by atoms with Crippen LogP contribution in [0, 0.1) is 6.92 Å². The van der Waals surface area contributed by atoms with Crippen LogP contribution >= 0.6 is 22.9 Å². The Morgan fingerprint density at radius 3 is 2.95 bits per heavy atom. The topological polar surface area (TPSA) is 21.3 Å². The number of rotatable bonds is 5. The molecule has 0 bridgehead atoms. The molecule has 0 spiro atoms. The third-order valence-electron chi connectivity index (χ3n) is 3.94. The maximum atomic E-state index is 6.27. The predicted octanol–water partition coefficient (Wildman–Crippen LogP) is 4.93. The van der Waals surface area contributed by atoms with Crippen molar-refractivity contribution in [3.8, 4) is 5.75 Å². The summed E-state index contributed by atoms with van der Waals surface area (Å²) in [6.07, 6.45) is 1.11. The fourth-order valence-corrected chi connectivity index (χ4v) is 4.20. The van der Waals surface area contributed by atoms with E-state index >= 15 is 0 Å². The Labute approximate surface area is 135 Å². The largest absolute Gasteiger partial charge is 0.493 e. The molecule has 0 amide bonds. The average molecular weight is 322 g/mol. The molecule has 4 heteroatoms. The van der Waals surface area contributed by atoms with Crippen molar-refractivity contribution in [2.24, 2.45) is 0 Å². The molecule has 2 nitrogen and oxygen atoms in total. The highest BCUT2D eigenvalue weighted by molar-refractivity contribution is 7.16. The number of halogens is 1. The van der Waals surface area contributed by atoms with Crippen molar-refractivity contribution >= 4 is 22.9 Å². The lowest BCUT2D eigenvalue weighted by molar-refractivity contribution is 0.301. The Bertz CT molecular complexity index is 606. The van der Waals surface area contributed by atoms with Crippen LogP contribution in [0.25, 0.3) is 0 Å². The zero-order valence-corrected chi connectivity index (χ0v) is 13.9. The van der Waals surface area contributed by atoms with Crippen molar-refractivity contribution in [2.75, 3.05) is 13.2 Å². The molecule has 0 aliphatic carbocycles. The summed E-state index contributed by atoms with van der Waals surface area (Å²) in [4.78, 5) is 1.30. The van der Waals surface area contributed by atoms with Gasteiger partial charge in [0.05, 0.1) is 17.0 Å². The summed E-state index contributed by atoms with van der Waals surface area (Å²) in [5.41, 5.74) is 2.46. The standard InChI is InChI=1S/C17H20ClNOS/c1-3-8-19-16(15-9-11(2)17(18)21-15)13-10-20-14-7-5-4-6-12(13)14/h4-7,9,13,16,19H,3,8,10H2,1-2H3. The molecular weight excluding hydrogens is 302 g/mol. The lowest BCUT2D eigenvalue weighted by atomic mass is 9.92. The fourth-order valence-electron chi connectivity index (χ4n) is 2.84. The minimum Gasteiger partial charge on any atom is -0.493 e. The van der Waals surface area contributed by atoms with Crippen LogP contribution in [0.3, 0.4) is 0 Å². The Morgan fingerprint density at radius 1 is 1.43 bits per heavy atom. The van der Waals surface area contributed by atoms with Crippen LogP contribution in [0.15, 0.2) is 30.3 Å². The summed E-state index contributed by atoms with van der Waals surface area (Å²) in [7, 11) is 0. The van der Waals surface area contributed by atoms with Crippen molar-refractivity contribution in [1.82, 2.24) is 5.32 Å². The van der Waals surface area contributed by atoms with E-state index in [4.69, 9.17) is 16.3 Å². The van der Waals surface area contributed by atoms with Gasteiger partial charge in [0.15, 0.2) is 0 Å². The molecule has 0 saturated heterocycles. The van der Waals surface area contributed by atoms with Crippen LogP contribution in [-0.2, 0) is 0 Å². The zero-order chi connectivity index (χ0) is 14.8. The van der Waals surface area contributed by atoms with E-state index in [2.05, 4.69) is 43.4 Å². The number of thiophene rings is 1. The molecule has 1 aromatic carbocycles.